The summed E-state index contributed by atoms with van der Waals surface area (Å²) in [7, 11) is 0. The van der Waals surface area contributed by atoms with Crippen LogP contribution in [0.2, 0.25) is 0 Å². The molecule has 1 heterocycles. The van der Waals surface area contributed by atoms with Crippen molar-refractivity contribution >= 4 is 28.1 Å². The molecule has 2 aromatic rings. The second kappa shape index (κ2) is 7.38. The first kappa shape index (κ1) is 16.5. The first-order valence-electron chi connectivity index (χ1n) is 7.26. The van der Waals surface area contributed by atoms with Crippen molar-refractivity contribution < 1.29 is 9.90 Å². The number of thiazole rings is 1. The number of nitrogens with zero attached hydrogens (tertiary/aromatic N) is 2. The Morgan fingerprint density at radius 2 is 2.18 bits per heavy atom. The molecule has 2 N–H and O–H groups in total. The van der Waals surface area contributed by atoms with Gasteiger partial charge in [0.25, 0.3) is 0 Å². The summed E-state index contributed by atoms with van der Waals surface area (Å²) in [5.74, 6) is -0.00388. The zero-order valence-corrected chi connectivity index (χ0v) is 13.9. The van der Waals surface area contributed by atoms with Gasteiger partial charge in [0.1, 0.15) is 0 Å². The van der Waals surface area contributed by atoms with E-state index in [2.05, 4.69) is 10.3 Å². The predicted octanol–water partition coefficient (Wildman–Crippen LogP) is 3.18. The Labute approximate surface area is 134 Å². The second-order valence-electron chi connectivity index (χ2n) is 5.00. The average molecular weight is 319 g/mol. The molecule has 0 radical (unpaired) electrons. The van der Waals surface area contributed by atoms with E-state index in [0.717, 1.165) is 22.1 Å². The molecule has 0 fully saturated rings. The number of nitrogens with one attached hydrogen (secondary N) is 1. The third kappa shape index (κ3) is 3.84. The average Bonchev–Trinajstić information content (AvgIpc) is 2.94. The van der Waals surface area contributed by atoms with Crippen LogP contribution in [0, 0.1) is 0 Å². The fraction of sp³-hybridized carbons (Fsp3) is 0.375. The molecule has 0 saturated heterocycles. The van der Waals surface area contributed by atoms with Crippen molar-refractivity contribution in [2.24, 2.45) is 0 Å². The van der Waals surface area contributed by atoms with Gasteiger partial charge in [-0.05, 0) is 19.9 Å². The molecule has 1 amide bonds. The van der Waals surface area contributed by atoms with Gasteiger partial charge in [0.2, 0.25) is 5.91 Å². The fourth-order valence-electron chi connectivity index (χ4n) is 2.20. The number of anilines is 2. The SMILES string of the molecule is CCN(C(C)=O)c1nc(CNc2ccccc2[C@@H](C)O)cs1. The summed E-state index contributed by atoms with van der Waals surface area (Å²) < 4.78 is 0. The van der Waals surface area contributed by atoms with E-state index < -0.39 is 6.10 Å². The van der Waals surface area contributed by atoms with Crippen LogP contribution in [0.25, 0.3) is 0 Å². The van der Waals surface area contributed by atoms with Gasteiger partial charge < -0.3 is 10.4 Å². The van der Waals surface area contributed by atoms with Crippen LogP contribution in [0.15, 0.2) is 29.6 Å². The summed E-state index contributed by atoms with van der Waals surface area (Å²) in [4.78, 5) is 17.7. The molecule has 0 bridgehead atoms. The molecule has 1 aromatic heterocycles. The number of carbonyl (C=O) groups is 1. The Hall–Kier alpha value is -1.92. The Morgan fingerprint density at radius 3 is 2.82 bits per heavy atom. The summed E-state index contributed by atoms with van der Waals surface area (Å²) in [5.41, 5.74) is 2.63. The zero-order valence-electron chi connectivity index (χ0n) is 13.0. The number of hydrogen-bond donors (Lipinski definition) is 2. The summed E-state index contributed by atoms with van der Waals surface area (Å²) in [5, 5.41) is 15.7. The third-order valence-corrected chi connectivity index (χ3v) is 4.25. The number of aromatic nitrogens is 1. The number of para-hydroxylation sites is 1. The monoisotopic (exact) mass is 319 g/mol. The minimum atomic E-state index is -0.525. The topological polar surface area (TPSA) is 65.5 Å². The number of benzene rings is 1. The number of rotatable bonds is 6. The first-order valence-corrected chi connectivity index (χ1v) is 8.14. The van der Waals surface area contributed by atoms with Crippen molar-refractivity contribution in [2.45, 2.75) is 33.4 Å². The van der Waals surface area contributed by atoms with E-state index in [1.54, 1.807) is 18.7 Å². The Morgan fingerprint density at radius 1 is 1.45 bits per heavy atom. The van der Waals surface area contributed by atoms with Crippen molar-refractivity contribution in [1.29, 1.82) is 0 Å². The van der Waals surface area contributed by atoms with Gasteiger partial charge in [-0.25, -0.2) is 4.98 Å². The van der Waals surface area contributed by atoms with E-state index in [1.165, 1.54) is 11.3 Å². The fourth-order valence-corrected chi connectivity index (χ4v) is 3.13. The van der Waals surface area contributed by atoms with Crippen molar-refractivity contribution in [3.05, 3.63) is 40.9 Å². The quantitative estimate of drug-likeness (QED) is 0.858. The Kier molecular flexibility index (Phi) is 5.51. The number of hydrogen-bond acceptors (Lipinski definition) is 5. The smallest absolute Gasteiger partial charge is 0.225 e. The van der Waals surface area contributed by atoms with Crippen molar-refractivity contribution in [2.75, 3.05) is 16.8 Å². The van der Waals surface area contributed by atoms with Gasteiger partial charge in [0.15, 0.2) is 5.13 Å². The third-order valence-electron chi connectivity index (χ3n) is 3.34. The minimum Gasteiger partial charge on any atom is -0.389 e. The molecule has 2 rings (SSSR count). The van der Waals surface area contributed by atoms with Gasteiger partial charge in [0.05, 0.1) is 18.3 Å². The lowest BCUT2D eigenvalue weighted by molar-refractivity contribution is -0.116. The van der Waals surface area contributed by atoms with Crippen LogP contribution in [0.3, 0.4) is 0 Å². The van der Waals surface area contributed by atoms with Gasteiger partial charge in [-0.3, -0.25) is 9.69 Å². The molecule has 0 spiro atoms. The van der Waals surface area contributed by atoms with E-state index in [9.17, 15) is 9.90 Å². The Bertz CT molecular complexity index is 640. The van der Waals surface area contributed by atoms with Crippen molar-refractivity contribution in [1.82, 2.24) is 4.98 Å². The first-order chi connectivity index (χ1) is 10.5. The van der Waals surface area contributed by atoms with Crippen molar-refractivity contribution in [3.63, 3.8) is 0 Å². The highest BCUT2D eigenvalue weighted by molar-refractivity contribution is 7.14. The lowest BCUT2D eigenvalue weighted by Crippen LogP contribution is -2.27. The number of aliphatic hydroxyl groups is 1. The molecule has 0 aliphatic rings. The summed E-state index contributed by atoms with van der Waals surface area (Å²) >= 11 is 1.46. The summed E-state index contributed by atoms with van der Waals surface area (Å²) in [6, 6.07) is 7.66. The maximum Gasteiger partial charge on any atom is 0.225 e. The highest BCUT2D eigenvalue weighted by Crippen LogP contribution is 2.24. The molecule has 0 aliphatic heterocycles. The molecule has 0 unspecified atom stereocenters. The largest absolute Gasteiger partial charge is 0.389 e. The number of amides is 1. The van der Waals surface area contributed by atoms with Gasteiger partial charge >= 0.3 is 0 Å². The van der Waals surface area contributed by atoms with Gasteiger partial charge in [-0.2, -0.15) is 0 Å². The van der Waals surface area contributed by atoms with Gasteiger partial charge in [-0.15, -0.1) is 11.3 Å². The van der Waals surface area contributed by atoms with Crippen LogP contribution in [-0.2, 0) is 11.3 Å². The highest BCUT2D eigenvalue weighted by Gasteiger charge is 2.13. The molecule has 0 saturated carbocycles. The van der Waals surface area contributed by atoms with E-state index >= 15 is 0 Å². The summed E-state index contributed by atoms with van der Waals surface area (Å²) in [6.45, 7) is 6.38. The molecule has 5 nitrogen and oxygen atoms in total. The van der Waals surface area contributed by atoms with Crippen LogP contribution >= 0.6 is 11.3 Å². The molecule has 1 atom stereocenters. The molecule has 118 valence electrons. The maximum atomic E-state index is 11.5. The van der Waals surface area contributed by atoms with E-state index in [-0.39, 0.29) is 5.91 Å². The molecular weight excluding hydrogens is 298 g/mol. The molecular formula is C16H21N3O2S. The minimum absolute atomic E-state index is 0.00388. The van der Waals surface area contributed by atoms with E-state index in [4.69, 9.17) is 0 Å². The van der Waals surface area contributed by atoms with Crippen LogP contribution in [-0.4, -0.2) is 22.5 Å². The van der Waals surface area contributed by atoms with Gasteiger partial charge in [0, 0.05) is 30.1 Å². The number of aliphatic hydroxyl groups excluding tert-OH is 1. The van der Waals surface area contributed by atoms with Gasteiger partial charge in [-0.1, -0.05) is 18.2 Å². The van der Waals surface area contributed by atoms with Crippen LogP contribution < -0.4 is 10.2 Å². The Balaban J connectivity index is 2.07. The lowest BCUT2D eigenvalue weighted by Gasteiger charge is -2.15. The number of carbonyl (C=O) groups excluding carboxylic acids is 1. The lowest BCUT2D eigenvalue weighted by atomic mass is 10.1. The molecule has 0 aliphatic carbocycles. The van der Waals surface area contributed by atoms with Crippen LogP contribution in [0.4, 0.5) is 10.8 Å². The van der Waals surface area contributed by atoms with Crippen molar-refractivity contribution in [3.8, 4) is 0 Å². The van der Waals surface area contributed by atoms with E-state index in [1.807, 2.05) is 36.6 Å². The zero-order chi connectivity index (χ0) is 16.1. The highest BCUT2D eigenvalue weighted by atomic mass is 32.1. The normalized spacial score (nSPS) is 12.0. The predicted molar refractivity (Wildman–Crippen MR) is 90.2 cm³/mol. The second-order valence-corrected chi connectivity index (χ2v) is 5.84. The maximum absolute atomic E-state index is 11.5. The van der Waals surface area contributed by atoms with Crippen LogP contribution in [0.1, 0.15) is 38.1 Å². The van der Waals surface area contributed by atoms with E-state index in [0.29, 0.717) is 13.1 Å². The molecule has 22 heavy (non-hydrogen) atoms. The molecule has 6 heteroatoms. The van der Waals surface area contributed by atoms with Crippen LogP contribution in [0.5, 0.6) is 0 Å². The standard InChI is InChI=1S/C16H21N3O2S/c1-4-19(12(3)21)16-18-13(10-22-16)9-17-15-8-6-5-7-14(15)11(2)20/h5-8,10-11,17,20H,4,9H2,1-3H3/t11-/m1/s1. The summed E-state index contributed by atoms with van der Waals surface area (Å²) in [6.07, 6.45) is -0.525. The molecule has 1 aromatic carbocycles.